The van der Waals surface area contributed by atoms with Crippen molar-refractivity contribution < 1.29 is 23.8 Å². The third kappa shape index (κ3) is 4.99. The van der Waals surface area contributed by atoms with Gasteiger partial charge in [-0.3, -0.25) is 4.79 Å². The zero-order valence-electron chi connectivity index (χ0n) is 11.4. The number of carbonyl (C=O) groups is 1. The number of aliphatic hydroxyl groups is 1. The Morgan fingerprint density at radius 2 is 2.25 bits per heavy atom. The van der Waals surface area contributed by atoms with Crippen molar-refractivity contribution in [3.8, 4) is 5.75 Å². The van der Waals surface area contributed by atoms with Gasteiger partial charge >= 0.3 is 0 Å². The largest absolute Gasteiger partial charge is 0.494 e. The molecule has 1 rings (SSSR count). The van der Waals surface area contributed by atoms with E-state index in [1.165, 1.54) is 38.5 Å². The van der Waals surface area contributed by atoms with Crippen LogP contribution in [0.1, 0.15) is 5.56 Å². The summed E-state index contributed by atoms with van der Waals surface area (Å²) in [6.07, 6.45) is 2.73. The highest BCUT2D eigenvalue weighted by atomic mass is 19.1. The first-order valence-corrected chi connectivity index (χ1v) is 6.02. The fourth-order valence-corrected chi connectivity index (χ4v) is 1.55. The molecule has 1 atom stereocenters. The molecule has 0 saturated carbocycles. The molecule has 0 saturated heterocycles. The Morgan fingerprint density at radius 1 is 1.50 bits per heavy atom. The minimum Gasteiger partial charge on any atom is -0.494 e. The van der Waals surface area contributed by atoms with Crippen LogP contribution in [0.25, 0.3) is 6.08 Å². The van der Waals surface area contributed by atoms with Crippen molar-refractivity contribution in [2.24, 2.45) is 0 Å². The highest BCUT2D eigenvalue weighted by Crippen LogP contribution is 2.18. The third-order valence-corrected chi connectivity index (χ3v) is 2.54. The summed E-state index contributed by atoms with van der Waals surface area (Å²) in [5.41, 5.74) is 0.533. The molecule has 0 heterocycles. The average Bonchev–Trinajstić information content (AvgIpc) is 2.44. The van der Waals surface area contributed by atoms with Gasteiger partial charge in [0.15, 0.2) is 11.6 Å². The van der Waals surface area contributed by atoms with Gasteiger partial charge in [-0.1, -0.05) is 6.07 Å². The first kappa shape index (κ1) is 16.1. The number of carbonyl (C=O) groups excluding carboxylic acids is 1. The number of benzene rings is 1. The fraction of sp³-hybridized carbons (Fsp3) is 0.357. The van der Waals surface area contributed by atoms with Crippen LogP contribution >= 0.6 is 0 Å². The van der Waals surface area contributed by atoms with Crippen LogP contribution in [0.15, 0.2) is 24.3 Å². The summed E-state index contributed by atoms with van der Waals surface area (Å²) in [5, 5.41) is 11.6. The van der Waals surface area contributed by atoms with Crippen LogP contribution in [-0.4, -0.2) is 44.5 Å². The number of rotatable bonds is 7. The first-order chi connectivity index (χ1) is 9.60. The first-order valence-electron chi connectivity index (χ1n) is 6.02. The predicted molar refractivity (Wildman–Crippen MR) is 72.9 cm³/mol. The van der Waals surface area contributed by atoms with Crippen LogP contribution < -0.4 is 10.1 Å². The smallest absolute Gasteiger partial charge is 0.244 e. The van der Waals surface area contributed by atoms with Gasteiger partial charge in [0.2, 0.25) is 5.91 Å². The van der Waals surface area contributed by atoms with Crippen LogP contribution in [0.5, 0.6) is 5.75 Å². The molecule has 1 aromatic carbocycles. The number of aliphatic hydroxyl groups excluding tert-OH is 1. The van der Waals surface area contributed by atoms with Crippen LogP contribution in [0.2, 0.25) is 0 Å². The van der Waals surface area contributed by atoms with Gasteiger partial charge in [0.1, 0.15) is 0 Å². The maximum Gasteiger partial charge on any atom is 0.244 e. The molecule has 1 amide bonds. The van der Waals surface area contributed by atoms with E-state index in [-0.39, 0.29) is 19.0 Å². The van der Waals surface area contributed by atoms with Gasteiger partial charge in [-0.2, -0.15) is 0 Å². The summed E-state index contributed by atoms with van der Waals surface area (Å²) in [5.74, 6) is -0.743. The van der Waals surface area contributed by atoms with Gasteiger partial charge < -0.3 is 19.9 Å². The predicted octanol–water partition coefficient (Wildman–Crippen LogP) is 0.971. The molecule has 0 fully saturated rings. The summed E-state index contributed by atoms with van der Waals surface area (Å²) >= 11 is 0. The van der Waals surface area contributed by atoms with Gasteiger partial charge in [-0.15, -0.1) is 0 Å². The summed E-state index contributed by atoms with van der Waals surface area (Å²) in [4.78, 5) is 11.6. The fourth-order valence-electron chi connectivity index (χ4n) is 1.55. The third-order valence-electron chi connectivity index (χ3n) is 2.54. The van der Waals surface area contributed by atoms with Crippen LogP contribution in [0, 0.1) is 5.82 Å². The van der Waals surface area contributed by atoms with Crippen molar-refractivity contribution in [2.45, 2.75) is 6.04 Å². The summed E-state index contributed by atoms with van der Waals surface area (Å²) in [7, 11) is 2.86. The Labute approximate surface area is 117 Å². The van der Waals surface area contributed by atoms with Crippen molar-refractivity contribution in [1.29, 1.82) is 0 Å². The second kappa shape index (κ2) is 8.29. The molecule has 6 heteroatoms. The Kier molecular flexibility index (Phi) is 6.69. The molecule has 0 bridgehead atoms. The van der Waals surface area contributed by atoms with Crippen LogP contribution in [-0.2, 0) is 9.53 Å². The van der Waals surface area contributed by atoms with E-state index in [0.29, 0.717) is 5.56 Å². The lowest BCUT2D eigenvalue weighted by Gasteiger charge is -2.13. The van der Waals surface area contributed by atoms with E-state index in [2.05, 4.69) is 5.32 Å². The maximum atomic E-state index is 13.4. The van der Waals surface area contributed by atoms with Crippen LogP contribution in [0.3, 0.4) is 0 Å². The number of ether oxygens (including phenoxy) is 2. The summed E-state index contributed by atoms with van der Waals surface area (Å²) in [6.45, 7) is -0.00215. The number of hydrogen-bond donors (Lipinski definition) is 2. The normalized spacial score (nSPS) is 12.4. The average molecular weight is 283 g/mol. The lowest BCUT2D eigenvalue weighted by molar-refractivity contribution is -0.117. The number of amides is 1. The topological polar surface area (TPSA) is 67.8 Å². The van der Waals surface area contributed by atoms with E-state index in [9.17, 15) is 9.18 Å². The number of hydrogen-bond acceptors (Lipinski definition) is 4. The van der Waals surface area contributed by atoms with Crippen molar-refractivity contribution in [3.05, 3.63) is 35.7 Å². The SMILES string of the molecule is COCC(CO)NC(=O)/C=C/c1ccc(OC)c(F)c1. The number of nitrogens with one attached hydrogen (secondary N) is 1. The summed E-state index contributed by atoms with van der Waals surface area (Å²) in [6, 6.07) is 3.91. The lowest BCUT2D eigenvalue weighted by Crippen LogP contribution is -2.39. The molecule has 0 radical (unpaired) electrons. The molecule has 0 aromatic heterocycles. The minimum absolute atomic E-state index is 0.145. The Bertz CT molecular complexity index is 476. The van der Waals surface area contributed by atoms with Crippen molar-refractivity contribution in [1.82, 2.24) is 5.32 Å². The van der Waals surface area contributed by atoms with E-state index >= 15 is 0 Å². The molecule has 5 nitrogen and oxygen atoms in total. The van der Waals surface area contributed by atoms with E-state index in [1.807, 2.05) is 0 Å². The minimum atomic E-state index is -0.498. The molecule has 0 aliphatic heterocycles. The van der Waals surface area contributed by atoms with Gasteiger partial charge in [0.05, 0.1) is 26.4 Å². The van der Waals surface area contributed by atoms with E-state index in [4.69, 9.17) is 14.6 Å². The lowest BCUT2D eigenvalue weighted by atomic mass is 10.2. The molecule has 2 N–H and O–H groups in total. The van der Waals surface area contributed by atoms with Crippen LogP contribution in [0.4, 0.5) is 4.39 Å². The van der Waals surface area contributed by atoms with Crippen molar-refractivity contribution in [2.75, 3.05) is 27.4 Å². The highest BCUT2D eigenvalue weighted by Gasteiger charge is 2.08. The second-order valence-electron chi connectivity index (χ2n) is 4.07. The standard InChI is InChI=1S/C14H18FNO4/c1-19-9-11(8-17)16-14(18)6-4-10-3-5-13(20-2)12(15)7-10/h3-7,11,17H,8-9H2,1-2H3,(H,16,18)/b6-4+. The molecule has 0 aliphatic rings. The molecule has 1 aromatic rings. The van der Waals surface area contributed by atoms with E-state index in [0.717, 1.165) is 0 Å². The van der Waals surface area contributed by atoms with E-state index in [1.54, 1.807) is 6.07 Å². The Balaban J connectivity index is 2.63. The maximum absolute atomic E-state index is 13.4. The summed E-state index contributed by atoms with van der Waals surface area (Å²) < 4.78 is 23.1. The van der Waals surface area contributed by atoms with Crippen molar-refractivity contribution in [3.63, 3.8) is 0 Å². The molecule has 20 heavy (non-hydrogen) atoms. The molecule has 0 spiro atoms. The number of methoxy groups -OCH3 is 2. The van der Waals surface area contributed by atoms with Gasteiger partial charge in [0, 0.05) is 13.2 Å². The monoisotopic (exact) mass is 283 g/mol. The Morgan fingerprint density at radius 3 is 2.80 bits per heavy atom. The second-order valence-corrected chi connectivity index (χ2v) is 4.07. The van der Waals surface area contributed by atoms with Gasteiger partial charge in [-0.25, -0.2) is 4.39 Å². The Hall–Kier alpha value is -1.92. The zero-order chi connectivity index (χ0) is 15.0. The molecular weight excluding hydrogens is 265 g/mol. The molecule has 0 aliphatic carbocycles. The van der Waals surface area contributed by atoms with Gasteiger partial charge in [-0.05, 0) is 23.8 Å². The molecule has 1 unspecified atom stereocenters. The van der Waals surface area contributed by atoms with E-state index < -0.39 is 17.8 Å². The quantitative estimate of drug-likeness (QED) is 0.732. The highest BCUT2D eigenvalue weighted by molar-refractivity contribution is 5.91. The number of halogens is 1. The molecular formula is C14H18FNO4. The van der Waals surface area contributed by atoms with Gasteiger partial charge in [0.25, 0.3) is 0 Å². The molecule has 110 valence electrons. The zero-order valence-corrected chi connectivity index (χ0v) is 11.4. The van der Waals surface area contributed by atoms with Crippen molar-refractivity contribution >= 4 is 12.0 Å².